The van der Waals surface area contributed by atoms with Gasteiger partial charge in [-0.2, -0.15) is 5.26 Å². The highest BCUT2D eigenvalue weighted by Crippen LogP contribution is 2.42. The van der Waals surface area contributed by atoms with E-state index in [1.807, 2.05) is 30.3 Å². The number of aliphatic hydroxyl groups excluding tert-OH is 1. The Kier molecular flexibility index (Phi) is 8.00. The number of aromatic nitrogens is 2. The van der Waals surface area contributed by atoms with Gasteiger partial charge in [0.05, 0.1) is 29.3 Å². The van der Waals surface area contributed by atoms with Crippen molar-refractivity contribution in [2.24, 2.45) is 7.05 Å². The van der Waals surface area contributed by atoms with Crippen LogP contribution in [0.25, 0.3) is 22.2 Å². The van der Waals surface area contributed by atoms with Crippen molar-refractivity contribution in [1.29, 1.82) is 5.26 Å². The van der Waals surface area contributed by atoms with Crippen LogP contribution in [0.5, 0.6) is 0 Å². The van der Waals surface area contributed by atoms with Crippen LogP contribution in [0.2, 0.25) is 0 Å². The molecule has 4 N–H and O–H groups in total. The average molecular weight is 531 g/mol. The van der Waals surface area contributed by atoms with E-state index >= 15 is 0 Å². The number of benzene rings is 2. The van der Waals surface area contributed by atoms with E-state index in [9.17, 15) is 20.0 Å². The van der Waals surface area contributed by atoms with Gasteiger partial charge in [-0.05, 0) is 41.7 Å². The minimum atomic E-state index is -1.02. The molecule has 2 aromatic carbocycles. The summed E-state index contributed by atoms with van der Waals surface area (Å²) < 4.78 is 6.50. The summed E-state index contributed by atoms with van der Waals surface area (Å²) in [6, 6.07) is 16.5. The Hall–Kier alpha value is -4.33. The topological polar surface area (TPSA) is 151 Å². The molecule has 0 bridgehead atoms. The Balaban J connectivity index is 1.90. The Morgan fingerprint density at radius 1 is 1.18 bits per heavy atom. The molecule has 0 unspecified atom stereocenters. The van der Waals surface area contributed by atoms with Gasteiger partial charge in [-0.15, -0.1) is 11.8 Å². The maximum Gasteiger partial charge on any atom is 0.356 e. The van der Waals surface area contributed by atoms with Gasteiger partial charge < -0.3 is 25.3 Å². The first-order valence-electron chi connectivity index (χ1n) is 11.8. The molecule has 0 aliphatic heterocycles. The van der Waals surface area contributed by atoms with Crippen molar-refractivity contribution in [1.82, 2.24) is 9.55 Å². The first kappa shape index (κ1) is 26.7. The van der Waals surface area contributed by atoms with Gasteiger partial charge in [-0.25, -0.2) is 14.6 Å². The molecule has 0 spiro atoms. The Morgan fingerprint density at radius 3 is 2.55 bits per heavy atom. The summed E-state index contributed by atoms with van der Waals surface area (Å²) in [5.74, 6) is -1.27. The number of carboxylic acid groups (broad SMARTS) is 1. The molecule has 0 saturated carbocycles. The molecule has 0 atom stereocenters. The summed E-state index contributed by atoms with van der Waals surface area (Å²) in [6.45, 7) is 0.0954. The van der Waals surface area contributed by atoms with E-state index in [1.165, 1.54) is 24.9 Å². The molecule has 38 heavy (non-hydrogen) atoms. The highest BCUT2D eigenvalue weighted by Gasteiger charge is 2.27. The number of carbonyl (C=O) groups is 2. The van der Waals surface area contributed by atoms with Crippen molar-refractivity contribution in [3.63, 3.8) is 0 Å². The van der Waals surface area contributed by atoms with Crippen LogP contribution < -0.4 is 5.73 Å². The van der Waals surface area contributed by atoms with Crippen LogP contribution >= 0.6 is 11.8 Å². The number of rotatable bonds is 9. The molecule has 0 aliphatic rings. The number of carboxylic acids is 1. The van der Waals surface area contributed by atoms with Crippen LogP contribution in [0.15, 0.2) is 53.6 Å². The second-order valence-corrected chi connectivity index (χ2v) is 9.57. The molecule has 4 rings (SSSR count). The van der Waals surface area contributed by atoms with E-state index in [4.69, 9.17) is 20.6 Å². The summed E-state index contributed by atoms with van der Waals surface area (Å²) in [7, 11) is 2.93. The number of hydrogen-bond acceptors (Lipinski definition) is 8. The van der Waals surface area contributed by atoms with Gasteiger partial charge in [0.25, 0.3) is 0 Å². The van der Waals surface area contributed by atoms with Crippen LogP contribution in [0.4, 0.5) is 5.69 Å². The summed E-state index contributed by atoms with van der Waals surface area (Å²) in [5, 5.41) is 29.7. The molecule has 0 saturated heterocycles. The Morgan fingerprint density at radius 2 is 1.92 bits per heavy atom. The van der Waals surface area contributed by atoms with E-state index in [-0.39, 0.29) is 23.6 Å². The Bertz CT molecular complexity index is 1570. The predicted molar refractivity (Wildman–Crippen MR) is 145 cm³/mol. The number of aliphatic hydroxyl groups is 1. The number of anilines is 1. The predicted octanol–water partition coefficient (Wildman–Crippen LogP) is 4.40. The largest absolute Gasteiger partial charge is 0.478 e. The van der Waals surface area contributed by atoms with Gasteiger partial charge in [0, 0.05) is 25.0 Å². The number of pyridine rings is 1. The third kappa shape index (κ3) is 5.07. The summed E-state index contributed by atoms with van der Waals surface area (Å²) in [6.07, 6.45) is 1.35. The first-order valence-corrected chi connectivity index (χ1v) is 12.7. The van der Waals surface area contributed by atoms with Crippen molar-refractivity contribution in [3.8, 4) is 17.2 Å². The lowest BCUT2D eigenvalue weighted by atomic mass is 9.96. The maximum atomic E-state index is 12.6. The van der Waals surface area contributed by atoms with Gasteiger partial charge in [0.2, 0.25) is 0 Å². The SMILES string of the molecule is COC(=O)c1c(N)c2c(-c3ccc(CCCO)cc3)c(C#N)c(SCc3cccc(C(=O)O)c3)nc2n1C. The number of aryl methyl sites for hydroxylation is 2. The lowest BCUT2D eigenvalue weighted by molar-refractivity contribution is 0.0590. The minimum Gasteiger partial charge on any atom is -0.478 e. The van der Waals surface area contributed by atoms with Gasteiger partial charge in [0.15, 0.2) is 5.69 Å². The summed E-state index contributed by atoms with van der Waals surface area (Å²) in [5.41, 5.74) is 10.7. The van der Waals surface area contributed by atoms with Crippen molar-refractivity contribution < 1.29 is 24.5 Å². The minimum absolute atomic E-state index is 0.0954. The smallest absolute Gasteiger partial charge is 0.356 e. The lowest BCUT2D eigenvalue weighted by Crippen LogP contribution is -2.10. The zero-order chi connectivity index (χ0) is 27.4. The number of nitrogens with two attached hydrogens (primary N) is 1. The van der Waals surface area contributed by atoms with Crippen LogP contribution in [-0.4, -0.2) is 45.4 Å². The highest BCUT2D eigenvalue weighted by molar-refractivity contribution is 7.98. The molecule has 4 aromatic rings. The molecule has 0 fully saturated rings. The number of ether oxygens (including phenoxy) is 1. The number of aromatic carboxylic acids is 1. The average Bonchev–Trinajstić information content (AvgIpc) is 3.18. The number of thioether (sulfide) groups is 1. The number of hydrogen-bond donors (Lipinski definition) is 3. The monoisotopic (exact) mass is 530 g/mol. The first-order chi connectivity index (χ1) is 18.3. The van der Waals surface area contributed by atoms with Crippen LogP contribution in [-0.2, 0) is 24.0 Å². The maximum absolute atomic E-state index is 12.6. The van der Waals surface area contributed by atoms with Gasteiger partial charge >= 0.3 is 11.9 Å². The molecular weight excluding hydrogens is 504 g/mol. The van der Waals surface area contributed by atoms with Crippen molar-refractivity contribution in [3.05, 3.63) is 76.5 Å². The molecule has 2 aromatic heterocycles. The highest BCUT2D eigenvalue weighted by atomic mass is 32.2. The number of fused-ring (bicyclic) bond motifs is 1. The van der Waals surface area contributed by atoms with E-state index in [1.54, 1.807) is 23.7 Å². The molecule has 2 heterocycles. The third-order valence-electron chi connectivity index (χ3n) is 6.23. The van der Waals surface area contributed by atoms with Crippen LogP contribution in [0, 0.1) is 11.3 Å². The zero-order valence-electron chi connectivity index (χ0n) is 20.9. The molecule has 9 nitrogen and oxygen atoms in total. The van der Waals surface area contributed by atoms with Gasteiger partial charge in [-0.3, -0.25) is 0 Å². The molecule has 10 heteroatoms. The molecule has 0 amide bonds. The van der Waals surface area contributed by atoms with Crippen molar-refractivity contribution in [2.75, 3.05) is 19.5 Å². The number of esters is 1. The molecule has 0 radical (unpaired) electrons. The third-order valence-corrected chi connectivity index (χ3v) is 7.28. The van der Waals surface area contributed by atoms with Crippen molar-refractivity contribution in [2.45, 2.75) is 23.6 Å². The lowest BCUT2D eigenvalue weighted by Gasteiger charge is -2.13. The number of nitrogens with zero attached hydrogens (tertiary/aromatic N) is 3. The van der Waals surface area contributed by atoms with Crippen LogP contribution in [0.1, 0.15) is 44.0 Å². The second kappa shape index (κ2) is 11.4. The normalized spacial score (nSPS) is 10.9. The summed E-state index contributed by atoms with van der Waals surface area (Å²) in [4.78, 5) is 28.7. The zero-order valence-corrected chi connectivity index (χ0v) is 21.7. The fourth-order valence-electron chi connectivity index (χ4n) is 4.36. The van der Waals surface area contributed by atoms with E-state index in [0.29, 0.717) is 45.8 Å². The second-order valence-electron chi connectivity index (χ2n) is 8.61. The number of carbonyl (C=O) groups excluding carboxylic acids is 1. The molecule has 194 valence electrons. The fourth-order valence-corrected chi connectivity index (χ4v) is 5.29. The standard InChI is InChI=1S/C28H26N4O5S/c1-32-24(28(36)37-2)23(30)22-21(18-10-8-16(9-11-18)6-4-12-33)20(14-29)26(31-25(22)32)38-15-17-5-3-7-19(13-17)27(34)35/h3,5,7-11,13,33H,4,6,12,15,30H2,1-2H3,(H,34,35). The number of nitrogen functional groups attached to an aromatic ring is 1. The van der Waals surface area contributed by atoms with Gasteiger partial charge in [-0.1, -0.05) is 36.4 Å². The molecule has 0 aliphatic carbocycles. The van der Waals surface area contributed by atoms with Crippen molar-refractivity contribution >= 4 is 40.4 Å². The van der Waals surface area contributed by atoms with Gasteiger partial charge in [0.1, 0.15) is 16.7 Å². The van der Waals surface area contributed by atoms with E-state index in [2.05, 4.69) is 6.07 Å². The van der Waals surface area contributed by atoms with E-state index in [0.717, 1.165) is 16.7 Å². The summed E-state index contributed by atoms with van der Waals surface area (Å²) >= 11 is 1.30. The quantitative estimate of drug-likeness (QED) is 0.211. The number of methoxy groups -OCH3 is 1. The molecular formula is C28H26N4O5S. The fraction of sp³-hybridized carbons (Fsp3) is 0.214. The Labute approximate surface area is 223 Å². The number of nitriles is 1. The van der Waals surface area contributed by atoms with E-state index < -0.39 is 11.9 Å². The van der Waals surface area contributed by atoms with Crippen LogP contribution in [0.3, 0.4) is 0 Å².